The van der Waals surface area contributed by atoms with E-state index in [-0.39, 0.29) is 28.2 Å². The number of benzene rings is 3. The molecule has 1 saturated heterocycles. The summed E-state index contributed by atoms with van der Waals surface area (Å²) >= 11 is 0. The molecule has 1 aliphatic heterocycles. The molecule has 172 valence electrons. The molecule has 0 radical (unpaired) electrons. The number of hydrogen-bond donors (Lipinski definition) is 0. The van der Waals surface area contributed by atoms with E-state index in [1.807, 2.05) is 12.1 Å². The zero-order chi connectivity index (χ0) is 23.5. The number of halogens is 4. The average molecular weight is 455 g/mol. The van der Waals surface area contributed by atoms with Crippen LogP contribution in [0.25, 0.3) is 22.3 Å². The third-order valence-corrected chi connectivity index (χ3v) is 6.28. The summed E-state index contributed by atoms with van der Waals surface area (Å²) in [5, 5.41) is 0. The van der Waals surface area contributed by atoms with Gasteiger partial charge < -0.3 is 4.74 Å². The Balaban J connectivity index is 1.64. The van der Waals surface area contributed by atoms with Crippen molar-refractivity contribution in [2.45, 2.75) is 38.7 Å². The van der Waals surface area contributed by atoms with E-state index in [0.717, 1.165) is 24.8 Å². The summed E-state index contributed by atoms with van der Waals surface area (Å²) in [5.41, 5.74) is 1.15. The van der Waals surface area contributed by atoms with Crippen molar-refractivity contribution >= 4 is 0 Å². The van der Waals surface area contributed by atoms with Crippen molar-refractivity contribution in [3.63, 3.8) is 0 Å². The third-order valence-electron chi connectivity index (χ3n) is 6.28. The molecule has 0 aromatic heterocycles. The Hall–Kier alpha value is -2.92. The van der Waals surface area contributed by atoms with E-state index in [1.165, 1.54) is 24.3 Å². The quantitative estimate of drug-likeness (QED) is 0.270. The zero-order valence-electron chi connectivity index (χ0n) is 18.5. The van der Waals surface area contributed by atoms with Crippen LogP contribution in [-0.2, 0) is 11.2 Å². The van der Waals surface area contributed by atoms with Crippen LogP contribution in [-0.4, -0.2) is 6.61 Å². The molecule has 5 heteroatoms. The first kappa shape index (κ1) is 23.2. The molecule has 3 aromatic rings. The molecule has 0 N–H and O–H groups in total. The minimum absolute atomic E-state index is 0.0733. The highest BCUT2D eigenvalue weighted by Gasteiger charge is 2.27. The zero-order valence-corrected chi connectivity index (χ0v) is 18.5. The second kappa shape index (κ2) is 9.92. The highest BCUT2D eigenvalue weighted by atomic mass is 19.2. The van der Waals surface area contributed by atoms with E-state index in [9.17, 15) is 17.6 Å². The van der Waals surface area contributed by atoms with Crippen LogP contribution in [0.2, 0.25) is 0 Å². The smallest absolute Gasteiger partial charge is 0.167 e. The summed E-state index contributed by atoms with van der Waals surface area (Å²) in [4.78, 5) is 0. The Morgan fingerprint density at radius 3 is 2.03 bits per heavy atom. The van der Waals surface area contributed by atoms with Gasteiger partial charge in [0.15, 0.2) is 23.3 Å². The highest BCUT2D eigenvalue weighted by Crippen LogP contribution is 2.37. The second-order valence-corrected chi connectivity index (χ2v) is 8.46. The Labute approximate surface area is 191 Å². The maximum absolute atomic E-state index is 15.0. The Morgan fingerprint density at radius 1 is 0.818 bits per heavy atom. The Bertz CT molecular complexity index is 1150. The first-order valence-electron chi connectivity index (χ1n) is 11.2. The van der Waals surface area contributed by atoms with Gasteiger partial charge in [-0.25, -0.2) is 17.6 Å². The fourth-order valence-electron chi connectivity index (χ4n) is 4.34. The van der Waals surface area contributed by atoms with E-state index in [0.29, 0.717) is 18.6 Å². The molecule has 0 bridgehead atoms. The SMILES string of the molecule is C=CC1CCC(c2ccc(-c3ccc(-c4ccc(CCC)cc4)c(F)c3F)c(F)c2F)OC1. The van der Waals surface area contributed by atoms with Crippen LogP contribution in [0.15, 0.2) is 61.2 Å². The van der Waals surface area contributed by atoms with Gasteiger partial charge in [-0.05, 0) is 30.4 Å². The summed E-state index contributed by atoms with van der Waals surface area (Å²) in [6.45, 7) is 6.18. The third kappa shape index (κ3) is 4.60. The normalized spacial score (nSPS) is 18.3. The van der Waals surface area contributed by atoms with Crippen LogP contribution in [0, 0.1) is 29.2 Å². The lowest BCUT2D eigenvalue weighted by Crippen LogP contribution is -2.20. The van der Waals surface area contributed by atoms with Gasteiger partial charge in [-0.15, -0.1) is 6.58 Å². The van der Waals surface area contributed by atoms with E-state index < -0.39 is 29.4 Å². The summed E-state index contributed by atoms with van der Waals surface area (Å²) < 4.78 is 65.4. The number of hydrogen-bond acceptors (Lipinski definition) is 1. The lowest BCUT2D eigenvalue weighted by atomic mass is 9.92. The van der Waals surface area contributed by atoms with Gasteiger partial charge in [-0.2, -0.15) is 0 Å². The van der Waals surface area contributed by atoms with Crippen molar-refractivity contribution in [2.24, 2.45) is 5.92 Å². The molecule has 33 heavy (non-hydrogen) atoms. The van der Waals surface area contributed by atoms with E-state index in [2.05, 4.69) is 13.5 Å². The Morgan fingerprint density at radius 2 is 1.42 bits per heavy atom. The topological polar surface area (TPSA) is 9.23 Å². The van der Waals surface area contributed by atoms with E-state index in [1.54, 1.807) is 18.2 Å². The molecule has 1 aliphatic rings. The number of ether oxygens (including phenoxy) is 1. The standard InChI is InChI=1S/C28H26F4O/c1-3-5-18-6-9-19(10-7-18)20-11-12-21(26(30)25(20)29)22-13-14-23(28(32)27(22)31)24-15-8-17(4-2)16-33-24/h4,6-7,9-14,17,24H,2-3,5,8,15-16H2,1H3. The maximum Gasteiger partial charge on any atom is 0.167 e. The van der Waals surface area contributed by atoms with Gasteiger partial charge in [0.05, 0.1) is 12.7 Å². The number of rotatable bonds is 6. The van der Waals surface area contributed by atoms with Gasteiger partial charge in [0.1, 0.15) is 0 Å². The number of aryl methyl sites for hydroxylation is 1. The summed E-state index contributed by atoms with van der Waals surface area (Å²) in [6.07, 6.45) is 4.39. The van der Waals surface area contributed by atoms with Crippen LogP contribution in [0.1, 0.15) is 43.4 Å². The molecule has 4 rings (SSSR count). The average Bonchev–Trinajstić information content (AvgIpc) is 2.84. The monoisotopic (exact) mass is 454 g/mol. The van der Waals surface area contributed by atoms with Crippen LogP contribution in [0.3, 0.4) is 0 Å². The molecule has 0 aliphatic carbocycles. The van der Waals surface area contributed by atoms with Crippen molar-refractivity contribution < 1.29 is 22.3 Å². The van der Waals surface area contributed by atoms with Crippen LogP contribution in [0.5, 0.6) is 0 Å². The van der Waals surface area contributed by atoms with Gasteiger partial charge in [0.2, 0.25) is 0 Å². The summed E-state index contributed by atoms with van der Waals surface area (Å²) in [6, 6.07) is 12.6. The molecule has 2 atom stereocenters. The molecule has 1 heterocycles. The van der Waals surface area contributed by atoms with Crippen LogP contribution >= 0.6 is 0 Å². The molecule has 0 amide bonds. The molecule has 1 fully saturated rings. The molecule has 2 unspecified atom stereocenters. The van der Waals surface area contributed by atoms with E-state index >= 15 is 0 Å². The van der Waals surface area contributed by atoms with Crippen LogP contribution in [0.4, 0.5) is 17.6 Å². The fourth-order valence-corrected chi connectivity index (χ4v) is 4.34. The highest BCUT2D eigenvalue weighted by molar-refractivity contribution is 5.72. The lowest BCUT2D eigenvalue weighted by molar-refractivity contribution is -0.00732. The molecule has 0 spiro atoms. The van der Waals surface area contributed by atoms with Crippen molar-refractivity contribution in [1.82, 2.24) is 0 Å². The van der Waals surface area contributed by atoms with E-state index in [4.69, 9.17) is 4.74 Å². The summed E-state index contributed by atoms with van der Waals surface area (Å²) in [7, 11) is 0. The molecule has 1 nitrogen and oxygen atoms in total. The van der Waals surface area contributed by atoms with Crippen molar-refractivity contribution in [2.75, 3.05) is 6.61 Å². The second-order valence-electron chi connectivity index (χ2n) is 8.46. The van der Waals surface area contributed by atoms with Crippen molar-refractivity contribution in [3.8, 4) is 22.3 Å². The maximum atomic E-state index is 15.0. The largest absolute Gasteiger partial charge is 0.373 e. The predicted octanol–water partition coefficient (Wildman–Crippen LogP) is 8.18. The lowest BCUT2D eigenvalue weighted by Gasteiger charge is -2.28. The predicted molar refractivity (Wildman–Crippen MR) is 123 cm³/mol. The first-order valence-corrected chi connectivity index (χ1v) is 11.2. The van der Waals surface area contributed by atoms with Crippen molar-refractivity contribution in [1.29, 1.82) is 0 Å². The fraction of sp³-hybridized carbons (Fsp3) is 0.286. The van der Waals surface area contributed by atoms with Gasteiger partial charge in [0, 0.05) is 28.2 Å². The van der Waals surface area contributed by atoms with Crippen molar-refractivity contribution in [3.05, 3.63) is 95.6 Å². The van der Waals surface area contributed by atoms with Gasteiger partial charge >= 0.3 is 0 Å². The molecular formula is C28H26F4O. The molecule has 0 saturated carbocycles. The minimum Gasteiger partial charge on any atom is -0.373 e. The van der Waals surface area contributed by atoms with Gasteiger partial charge in [-0.3, -0.25) is 0 Å². The van der Waals surface area contributed by atoms with Crippen LogP contribution < -0.4 is 0 Å². The molecule has 3 aromatic carbocycles. The minimum atomic E-state index is -1.21. The summed E-state index contributed by atoms with van der Waals surface area (Å²) in [5.74, 6) is -4.42. The first-order chi connectivity index (χ1) is 15.9. The molecular weight excluding hydrogens is 428 g/mol. The van der Waals surface area contributed by atoms with Gasteiger partial charge in [-0.1, -0.05) is 68.0 Å². The van der Waals surface area contributed by atoms with Gasteiger partial charge in [0.25, 0.3) is 0 Å². The Kier molecular flexibility index (Phi) is 6.99.